The molecule has 0 atom stereocenters. The Labute approximate surface area is 117 Å². The van der Waals surface area contributed by atoms with Crippen LogP contribution in [0.25, 0.3) is 11.0 Å². The van der Waals surface area contributed by atoms with Crippen LogP contribution in [-0.4, -0.2) is 16.9 Å². The summed E-state index contributed by atoms with van der Waals surface area (Å²) in [5, 5.41) is 9.65. The highest BCUT2D eigenvalue weighted by atomic mass is 16.4. The third-order valence-electron chi connectivity index (χ3n) is 3.47. The van der Waals surface area contributed by atoms with Crippen LogP contribution in [0.4, 0.5) is 0 Å². The van der Waals surface area contributed by atoms with Crippen molar-refractivity contribution >= 4 is 22.7 Å². The summed E-state index contributed by atoms with van der Waals surface area (Å²) in [4.78, 5) is 23.2. The number of aryl methyl sites for hydroxylation is 1. The second-order valence-electron chi connectivity index (χ2n) is 5.53. The molecule has 2 aromatic rings. The van der Waals surface area contributed by atoms with Gasteiger partial charge >= 0.3 is 5.97 Å². The summed E-state index contributed by atoms with van der Waals surface area (Å²) in [7, 11) is 0. The van der Waals surface area contributed by atoms with E-state index in [0.29, 0.717) is 23.0 Å². The molecule has 0 aliphatic rings. The fourth-order valence-electron chi connectivity index (χ4n) is 2.32. The van der Waals surface area contributed by atoms with Crippen LogP contribution in [0, 0.1) is 19.8 Å². The molecule has 4 nitrogen and oxygen atoms in total. The minimum absolute atomic E-state index is 0.0839. The van der Waals surface area contributed by atoms with Crippen molar-refractivity contribution in [2.75, 3.05) is 0 Å². The SMILES string of the molecule is Cc1c(C(=O)CC(C)C)cc2cc(C(=O)O)oc2c1C. The number of aromatic carboxylic acids is 1. The summed E-state index contributed by atoms with van der Waals surface area (Å²) in [6.07, 6.45) is 0.482. The summed E-state index contributed by atoms with van der Waals surface area (Å²) in [6.45, 7) is 7.71. The Hall–Kier alpha value is -2.10. The van der Waals surface area contributed by atoms with E-state index >= 15 is 0 Å². The molecule has 0 saturated heterocycles. The first-order valence-corrected chi connectivity index (χ1v) is 6.61. The summed E-state index contributed by atoms with van der Waals surface area (Å²) in [5.41, 5.74) is 2.87. The van der Waals surface area contributed by atoms with Gasteiger partial charge in [-0.2, -0.15) is 0 Å². The van der Waals surface area contributed by atoms with E-state index in [1.165, 1.54) is 6.07 Å². The Kier molecular flexibility index (Phi) is 3.66. The summed E-state index contributed by atoms with van der Waals surface area (Å²) >= 11 is 0. The van der Waals surface area contributed by atoms with Crippen LogP contribution in [0.5, 0.6) is 0 Å². The Morgan fingerprint density at radius 2 is 1.85 bits per heavy atom. The molecular formula is C16H18O4. The van der Waals surface area contributed by atoms with Gasteiger partial charge in [-0.05, 0) is 43.0 Å². The lowest BCUT2D eigenvalue weighted by atomic mass is 9.93. The maximum absolute atomic E-state index is 12.3. The zero-order chi connectivity index (χ0) is 15.0. The second-order valence-corrected chi connectivity index (χ2v) is 5.53. The topological polar surface area (TPSA) is 67.5 Å². The van der Waals surface area contributed by atoms with Crippen molar-refractivity contribution in [2.45, 2.75) is 34.1 Å². The van der Waals surface area contributed by atoms with Gasteiger partial charge in [0.15, 0.2) is 5.78 Å². The fourth-order valence-corrected chi connectivity index (χ4v) is 2.32. The van der Waals surface area contributed by atoms with E-state index in [9.17, 15) is 9.59 Å². The van der Waals surface area contributed by atoms with E-state index in [1.807, 2.05) is 27.7 Å². The van der Waals surface area contributed by atoms with Gasteiger partial charge in [-0.15, -0.1) is 0 Å². The number of carboxylic acid groups (broad SMARTS) is 1. The highest BCUT2D eigenvalue weighted by Crippen LogP contribution is 2.29. The van der Waals surface area contributed by atoms with Crippen LogP contribution in [0.1, 0.15) is 52.3 Å². The molecule has 0 aliphatic heterocycles. The van der Waals surface area contributed by atoms with Crippen LogP contribution in [-0.2, 0) is 0 Å². The van der Waals surface area contributed by atoms with E-state index < -0.39 is 5.97 Å². The van der Waals surface area contributed by atoms with Gasteiger partial charge in [0.25, 0.3) is 0 Å². The molecule has 20 heavy (non-hydrogen) atoms. The summed E-state index contributed by atoms with van der Waals surface area (Å²) in [6, 6.07) is 3.20. The van der Waals surface area contributed by atoms with E-state index in [-0.39, 0.29) is 17.5 Å². The molecule has 0 saturated carbocycles. The van der Waals surface area contributed by atoms with Crippen LogP contribution in [0.3, 0.4) is 0 Å². The van der Waals surface area contributed by atoms with Gasteiger partial charge in [0.1, 0.15) is 5.58 Å². The molecule has 106 valence electrons. The number of rotatable bonds is 4. The number of fused-ring (bicyclic) bond motifs is 1. The van der Waals surface area contributed by atoms with Crippen LogP contribution >= 0.6 is 0 Å². The molecule has 0 unspecified atom stereocenters. The number of carbonyl (C=O) groups excluding carboxylic acids is 1. The van der Waals surface area contributed by atoms with Crippen molar-refractivity contribution in [1.29, 1.82) is 0 Å². The molecule has 4 heteroatoms. The van der Waals surface area contributed by atoms with Gasteiger partial charge < -0.3 is 9.52 Å². The minimum Gasteiger partial charge on any atom is -0.475 e. The first kappa shape index (κ1) is 14.3. The molecule has 1 aromatic heterocycles. The number of Topliss-reactive ketones (excluding diaryl/α,β-unsaturated/α-hetero) is 1. The fraction of sp³-hybridized carbons (Fsp3) is 0.375. The zero-order valence-electron chi connectivity index (χ0n) is 12.1. The smallest absolute Gasteiger partial charge is 0.371 e. The van der Waals surface area contributed by atoms with Crippen LogP contribution in [0.2, 0.25) is 0 Å². The second kappa shape index (κ2) is 5.12. The first-order valence-electron chi connectivity index (χ1n) is 6.61. The summed E-state index contributed by atoms with van der Waals surface area (Å²) < 4.78 is 5.35. The number of carbonyl (C=O) groups is 2. The number of hydrogen-bond acceptors (Lipinski definition) is 3. The number of hydrogen-bond donors (Lipinski definition) is 1. The van der Waals surface area contributed by atoms with E-state index in [2.05, 4.69) is 0 Å². The average Bonchev–Trinajstić information content (AvgIpc) is 2.77. The van der Waals surface area contributed by atoms with Crippen molar-refractivity contribution in [3.63, 3.8) is 0 Å². The van der Waals surface area contributed by atoms with Crippen molar-refractivity contribution in [2.24, 2.45) is 5.92 Å². The monoisotopic (exact) mass is 274 g/mol. The van der Waals surface area contributed by atoms with Gasteiger partial charge in [0.2, 0.25) is 5.76 Å². The molecule has 0 fully saturated rings. The van der Waals surface area contributed by atoms with Gasteiger partial charge in [-0.25, -0.2) is 4.79 Å². The lowest BCUT2D eigenvalue weighted by Crippen LogP contribution is -2.06. The minimum atomic E-state index is -1.10. The first-order chi connectivity index (χ1) is 9.31. The molecule has 0 bridgehead atoms. The average molecular weight is 274 g/mol. The molecular weight excluding hydrogens is 256 g/mol. The Balaban J connectivity index is 2.60. The predicted octanol–water partition coefficient (Wildman–Crippen LogP) is 3.98. The zero-order valence-corrected chi connectivity index (χ0v) is 12.1. The molecule has 0 spiro atoms. The summed E-state index contributed by atoms with van der Waals surface area (Å²) in [5.74, 6) is -0.832. The standard InChI is InChI=1S/C16H18O4/c1-8(2)5-13(17)12-6-11-7-14(16(18)19)20-15(11)10(4)9(12)3/h6-8H,5H2,1-4H3,(H,18,19). The molecule has 1 aromatic carbocycles. The van der Waals surface area contributed by atoms with Crippen molar-refractivity contribution < 1.29 is 19.1 Å². The molecule has 1 heterocycles. The largest absolute Gasteiger partial charge is 0.475 e. The molecule has 1 N–H and O–H groups in total. The highest BCUT2D eigenvalue weighted by molar-refractivity contribution is 6.03. The Bertz CT molecular complexity index is 692. The normalized spacial score (nSPS) is 11.2. The maximum atomic E-state index is 12.3. The maximum Gasteiger partial charge on any atom is 0.371 e. The molecule has 0 amide bonds. The lowest BCUT2D eigenvalue weighted by molar-refractivity contribution is 0.0664. The van der Waals surface area contributed by atoms with Gasteiger partial charge in [-0.3, -0.25) is 4.79 Å². The van der Waals surface area contributed by atoms with Crippen molar-refractivity contribution in [3.05, 3.63) is 34.6 Å². The van der Waals surface area contributed by atoms with Crippen molar-refractivity contribution in [3.8, 4) is 0 Å². The highest BCUT2D eigenvalue weighted by Gasteiger charge is 2.18. The molecule has 0 aliphatic carbocycles. The van der Waals surface area contributed by atoms with Gasteiger partial charge in [0, 0.05) is 17.4 Å². The molecule has 2 rings (SSSR count). The number of ketones is 1. The third-order valence-corrected chi connectivity index (χ3v) is 3.47. The quantitative estimate of drug-likeness (QED) is 0.856. The van der Waals surface area contributed by atoms with E-state index in [4.69, 9.17) is 9.52 Å². The third kappa shape index (κ3) is 2.46. The van der Waals surface area contributed by atoms with Gasteiger partial charge in [0.05, 0.1) is 0 Å². The van der Waals surface area contributed by atoms with Gasteiger partial charge in [-0.1, -0.05) is 13.8 Å². The Morgan fingerprint density at radius 3 is 2.40 bits per heavy atom. The van der Waals surface area contributed by atoms with E-state index in [0.717, 1.165) is 11.1 Å². The van der Waals surface area contributed by atoms with Crippen LogP contribution in [0.15, 0.2) is 16.5 Å². The van der Waals surface area contributed by atoms with Crippen LogP contribution < -0.4 is 0 Å². The predicted molar refractivity (Wildman–Crippen MR) is 76.4 cm³/mol. The number of carboxylic acids is 1. The lowest BCUT2D eigenvalue weighted by Gasteiger charge is -2.10. The van der Waals surface area contributed by atoms with Crippen molar-refractivity contribution in [1.82, 2.24) is 0 Å². The van der Waals surface area contributed by atoms with E-state index in [1.54, 1.807) is 6.07 Å². The molecule has 0 radical (unpaired) electrons. The number of benzene rings is 1. The number of furan rings is 1. The Morgan fingerprint density at radius 1 is 1.20 bits per heavy atom.